The van der Waals surface area contributed by atoms with Crippen LogP contribution in [0.4, 0.5) is 5.69 Å². The van der Waals surface area contributed by atoms with Crippen LogP contribution in [0.15, 0.2) is 84.0 Å². The fourth-order valence-corrected chi connectivity index (χ4v) is 4.50. The van der Waals surface area contributed by atoms with E-state index >= 15 is 0 Å². The zero-order valence-electron chi connectivity index (χ0n) is 19.9. The highest BCUT2D eigenvalue weighted by atomic mass is 35.5. The molecule has 0 bridgehead atoms. The van der Waals surface area contributed by atoms with Crippen LogP contribution in [0.2, 0.25) is 5.02 Å². The van der Waals surface area contributed by atoms with E-state index in [2.05, 4.69) is 10.2 Å². The van der Waals surface area contributed by atoms with E-state index < -0.39 is 5.97 Å². The number of carbonyl (C=O) groups is 2. The van der Waals surface area contributed by atoms with Gasteiger partial charge in [-0.2, -0.15) is 0 Å². The molecule has 1 amide bonds. The van der Waals surface area contributed by atoms with E-state index in [1.807, 2.05) is 66.1 Å². The quantitative estimate of drug-likeness (QED) is 0.212. The van der Waals surface area contributed by atoms with Crippen LogP contribution in [0.3, 0.4) is 0 Å². The lowest BCUT2D eigenvalue weighted by molar-refractivity contribution is -0.142. The van der Waals surface area contributed by atoms with Gasteiger partial charge in [-0.1, -0.05) is 59.3 Å². The summed E-state index contributed by atoms with van der Waals surface area (Å²) in [5, 5.41) is 9.99. The number of benzene rings is 3. The molecule has 0 saturated carbocycles. The molecule has 0 N–H and O–H groups in total. The number of amides is 1. The number of thioether (sulfide) groups is 1. The maximum absolute atomic E-state index is 13.3. The van der Waals surface area contributed by atoms with Crippen LogP contribution >= 0.6 is 23.4 Å². The first-order chi connectivity index (χ1) is 17.5. The summed E-state index contributed by atoms with van der Waals surface area (Å²) < 4.78 is 6.99. The minimum Gasteiger partial charge on any atom is -0.465 e. The second kappa shape index (κ2) is 11.9. The summed E-state index contributed by atoms with van der Waals surface area (Å²) in [4.78, 5) is 26.9. The Morgan fingerprint density at radius 2 is 1.67 bits per heavy atom. The van der Waals surface area contributed by atoms with E-state index in [1.165, 1.54) is 16.7 Å². The Morgan fingerprint density at radius 3 is 2.33 bits per heavy atom. The van der Waals surface area contributed by atoms with Gasteiger partial charge in [0, 0.05) is 22.0 Å². The van der Waals surface area contributed by atoms with Gasteiger partial charge in [0.15, 0.2) is 11.0 Å². The molecule has 0 spiro atoms. The molecule has 0 unspecified atom stereocenters. The zero-order valence-corrected chi connectivity index (χ0v) is 21.5. The molecule has 3 aromatic carbocycles. The molecule has 9 heteroatoms. The number of halogens is 1. The van der Waals surface area contributed by atoms with E-state index in [0.29, 0.717) is 21.7 Å². The molecule has 0 atom stereocenters. The van der Waals surface area contributed by atoms with Crippen molar-refractivity contribution in [2.24, 2.45) is 0 Å². The van der Waals surface area contributed by atoms with E-state index in [1.54, 1.807) is 31.2 Å². The number of hydrogen-bond donors (Lipinski definition) is 0. The second-order valence-electron chi connectivity index (χ2n) is 7.89. The lowest BCUT2D eigenvalue weighted by Crippen LogP contribution is -2.37. The molecule has 0 aliphatic heterocycles. The summed E-state index contributed by atoms with van der Waals surface area (Å²) in [5.74, 6) is -0.0194. The Labute approximate surface area is 219 Å². The Morgan fingerprint density at radius 1 is 0.972 bits per heavy atom. The molecule has 0 aliphatic carbocycles. The largest absolute Gasteiger partial charge is 0.465 e. The summed E-state index contributed by atoms with van der Waals surface area (Å²) in [6, 6.07) is 24.4. The van der Waals surface area contributed by atoms with E-state index in [0.717, 1.165) is 16.8 Å². The number of anilines is 1. The number of aryl methyl sites for hydroxylation is 1. The highest BCUT2D eigenvalue weighted by Crippen LogP contribution is 2.29. The molecule has 0 fully saturated rings. The number of rotatable bonds is 9. The van der Waals surface area contributed by atoms with Crippen molar-refractivity contribution < 1.29 is 14.3 Å². The highest BCUT2D eigenvalue weighted by Gasteiger charge is 2.22. The van der Waals surface area contributed by atoms with Crippen molar-refractivity contribution in [3.8, 4) is 17.1 Å². The molecule has 0 radical (unpaired) electrons. The Bertz CT molecular complexity index is 1330. The van der Waals surface area contributed by atoms with Crippen LogP contribution in [0.1, 0.15) is 12.5 Å². The van der Waals surface area contributed by atoms with Crippen molar-refractivity contribution in [1.82, 2.24) is 14.8 Å². The summed E-state index contributed by atoms with van der Waals surface area (Å²) in [6.45, 7) is 3.83. The number of hydrogen-bond acceptors (Lipinski definition) is 6. The van der Waals surface area contributed by atoms with Crippen molar-refractivity contribution in [2.75, 3.05) is 23.8 Å². The first-order valence-electron chi connectivity index (χ1n) is 11.4. The first-order valence-corrected chi connectivity index (χ1v) is 12.7. The molecule has 1 aromatic heterocycles. The molecule has 0 saturated heterocycles. The third-order valence-corrected chi connectivity index (χ3v) is 6.48. The SMILES string of the molecule is CCOC(=O)CN(C(=O)CSc1nnc(-c2ccc(Cl)cc2)n1-c1ccc(C)cc1)c1ccccc1. The van der Waals surface area contributed by atoms with Crippen LogP contribution in [-0.4, -0.2) is 45.5 Å². The van der Waals surface area contributed by atoms with Crippen LogP contribution < -0.4 is 4.90 Å². The first kappa shape index (κ1) is 25.5. The number of aromatic nitrogens is 3. The van der Waals surface area contributed by atoms with Crippen molar-refractivity contribution in [3.05, 3.63) is 89.4 Å². The predicted molar refractivity (Wildman–Crippen MR) is 143 cm³/mol. The summed E-state index contributed by atoms with van der Waals surface area (Å²) in [5.41, 5.74) is 3.47. The number of nitrogens with zero attached hydrogens (tertiary/aromatic N) is 4. The highest BCUT2D eigenvalue weighted by molar-refractivity contribution is 7.99. The van der Waals surface area contributed by atoms with Gasteiger partial charge in [-0.3, -0.25) is 14.2 Å². The van der Waals surface area contributed by atoms with E-state index in [9.17, 15) is 9.59 Å². The summed E-state index contributed by atoms with van der Waals surface area (Å²) >= 11 is 7.33. The average Bonchev–Trinajstić information content (AvgIpc) is 3.31. The topological polar surface area (TPSA) is 77.3 Å². The van der Waals surface area contributed by atoms with E-state index in [4.69, 9.17) is 16.3 Å². The van der Waals surface area contributed by atoms with Gasteiger partial charge >= 0.3 is 5.97 Å². The molecular formula is C27H25ClN4O3S. The minimum absolute atomic E-state index is 0.0545. The summed E-state index contributed by atoms with van der Waals surface area (Å²) in [6.07, 6.45) is 0. The molecule has 184 valence electrons. The molecular weight excluding hydrogens is 496 g/mol. The van der Waals surface area contributed by atoms with Crippen LogP contribution in [-0.2, 0) is 14.3 Å². The van der Waals surface area contributed by atoms with Crippen LogP contribution in [0, 0.1) is 6.92 Å². The monoisotopic (exact) mass is 520 g/mol. The molecule has 1 heterocycles. The maximum atomic E-state index is 13.3. The smallest absolute Gasteiger partial charge is 0.326 e. The number of esters is 1. The fraction of sp³-hybridized carbons (Fsp3) is 0.185. The van der Waals surface area contributed by atoms with Gasteiger partial charge in [0.2, 0.25) is 5.91 Å². The molecule has 4 aromatic rings. The number of ether oxygens (including phenoxy) is 1. The Hall–Kier alpha value is -3.62. The van der Waals surface area contributed by atoms with Gasteiger partial charge < -0.3 is 9.64 Å². The lowest BCUT2D eigenvalue weighted by Gasteiger charge is -2.21. The van der Waals surface area contributed by atoms with Crippen molar-refractivity contribution in [3.63, 3.8) is 0 Å². The second-order valence-corrected chi connectivity index (χ2v) is 9.27. The zero-order chi connectivity index (χ0) is 25.5. The van der Waals surface area contributed by atoms with Gasteiger partial charge in [0.05, 0.1) is 12.4 Å². The molecule has 36 heavy (non-hydrogen) atoms. The lowest BCUT2D eigenvalue weighted by atomic mass is 10.2. The summed E-state index contributed by atoms with van der Waals surface area (Å²) in [7, 11) is 0. The maximum Gasteiger partial charge on any atom is 0.326 e. The van der Waals surface area contributed by atoms with Gasteiger partial charge in [-0.25, -0.2) is 0 Å². The van der Waals surface area contributed by atoms with Gasteiger partial charge in [-0.05, 0) is 62.4 Å². The Kier molecular flexibility index (Phi) is 8.40. The third kappa shape index (κ3) is 6.13. The third-order valence-electron chi connectivity index (χ3n) is 5.31. The molecule has 4 rings (SSSR count). The van der Waals surface area contributed by atoms with Crippen molar-refractivity contribution in [2.45, 2.75) is 19.0 Å². The normalized spacial score (nSPS) is 10.8. The van der Waals surface area contributed by atoms with E-state index in [-0.39, 0.29) is 24.8 Å². The average molecular weight is 521 g/mol. The van der Waals surface area contributed by atoms with Crippen molar-refractivity contribution >= 4 is 40.9 Å². The minimum atomic E-state index is -0.465. The standard InChI is InChI=1S/C27H25ClN4O3S/c1-3-35-25(34)17-31(22-7-5-4-6-8-22)24(33)18-36-27-30-29-26(20-11-13-21(28)14-12-20)32(27)23-15-9-19(2)10-16-23/h4-16H,3,17-18H2,1-2H3. The van der Waals surface area contributed by atoms with Crippen molar-refractivity contribution in [1.29, 1.82) is 0 Å². The molecule has 0 aliphatic rings. The van der Waals surface area contributed by atoms with Crippen LogP contribution in [0.5, 0.6) is 0 Å². The van der Waals surface area contributed by atoms with Gasteiger partial charge in [0.1, 0.15) is 6.54 Å². The fourth-order valence-electron chi connectivity index (χ4n) is 3.55. The molecule has 7 nitrogen and oxygen atoms in total. The number of para-hydroxylation sites is 1. The predicted octanol–water partition coefficient (Wildman–Crippen LogP) is 5.58. The van der Waals surface area contributed by atoms with Gasteiger partial charge in [0.25, 0.3) is 0 Å². The van der Waals surface area contributed by atoms with Gasteiger partial charge in [-0.15, -0.1) is 10.2 Å². The number of carbonyl (C=O) groups excluding carboxylic acids is 2. The van der Waals surface area contributed by atoms with Crippen LogP contribution in [0.25, 0.3) is 17.1 Å². The Balaban J connectivity index is 1.63.